The van der Waals surface area contributed by atoms with Crippen LogP contribution in [0.2, 0.25) is 0 Å². The molecule has 0 spiro atoms. The number of aliphatic hydroxyl groups is 1. The van der Waals surface area contributed by atoms with E-state index in [0.29, 0.717) is 31.4 Å². The van der Waals surface area contributed by atoms with Crippen molar-refractivity contribution in [2.75, 3.05) is 26.4 Å². The summed E-state index contributed by atoms with van der Waals surface area (Å²) < 4.78 is 37.4. The van der Waals surface area contributed by atoms with Crippen LogP contribution >= 0.6 is 0 Å². The monoisotopic (exact) mass is 677 g/mol. The highest BCUT2D eigenvalue weighted by Crippen LogP contribution is 2.50. The topological polar surface area (TPSA) is 158 Å². The van der Waals surface area contributed by atoms with E-state index >= 15 is 0 Å². The maximum Gasteiger partial charge on any atom is 0.280 e. The molecule has 1 aromatic rings. The number of likely N-dealkylation sites (tertiary alicyclic amines) is 1. The van der Waals surface area contributed by atoms with E-state index in [2.05, 4.69) is 10.6 Å². The number of amides is 3. The van der Waals surface area contributed by atoms with Crippen molar-refractivity contribution in [1.82, 2.24) is 25.3 Å². The van der Waals surface area contributed by atoms with Crippen molar-refractivity contribution in [3.05, 3.63) is 82.7 Å². The van der Waals surface area contributed by atoms with Crippen LogP contribution in [-0.4, -0.2) is 108 Å². The van der Waals surface area contributed by atoms with Gasteiger partial charge in [0.2, 0.25) is 17.5 Å². The lowest BCUT2D eigenvalue weighted by Crippen LogP contribution is -2.71. The Morgan fingerprint density at radius 3 is 2.75 bits per heavy atom. The van der Waals surface area contributed by atoms with Crippen molar-refractivity contribution in [2.45, 2.75) is 68.5 Å². The summed E-state index contributed by atoms with van der Waals surface area (Å²) in [5.41, 5.74) is 2.48. The Kier molecular flexibility index (Phi) is 7.10. The third-order valence-corrected chi connectivity index (χ3v) is 11.5. The zero-order valence-corrected chi connectivity index (χ0v) is 27.8. The maximum atomic E-state index is 14.4. The second kappa shape index (κ2) is 10.8. The number of rotatable bonds is 6. The van der Waals surface area contributed by atoms with Gasteiger partial charge in [0.1, 0.15) is 18.2 Å². The minimum atomic E-state index is -4.03. The number of piperazine rings is 1. The predicted octanol–water partition coefficient (Wildman–Crippen LogP) is 0.472. The van der Waals surface area contributed by atoms with E-state index in [1.165, 1.54) is 12.5 Å². The number of piperidine rings is 1. The number of likely N-dealkylation sites (N-methyl/N-ethyl adjacent to an activating group) is 1. The third kappa shape index (κ3) is 4.71. The smallest absolute Gasteiger partial charge is 0.280 e. The van der Waals surface area contributed by atoms with Crippen molar-refractivity contribution >= 4 is 27.8 Å². The SMILES string of the molecule is CN1C[C@@H](C(=O)NC2(C)OC3(O)[C@@H]4CCCN4C(=O)C(Cc4ccccc4)N3C2=O)C(OS(C)(=O)=O)C2=C3C=CC=C4NC=C(C[C@H]21)C43. The van der Waals surface area contributed by atoms with Gasteiger partial charge in [0.05, 0.1) is 12.2 Å². The van der Waals surface area contributed by atoms with E-state index in [-0.39, 0.29) is 30.8 Å². The largest absolute Gasteiger partial charge is 0.364 e. The van der Waals surface area contributed by atoms with Crippen molar-refractivity contribution < 1.29 is 36.8 Å². The molecule has 254 valence electrons. The molecule has 14 heteroatoms. The fourth-order valence-corrected chi connectivity index (χ4v) is 9.52. The van der Waals surface area contributed by atoms with Crippen LogP contribution in [0, 0.1) is 11.8 Å². The molecule has 7 aliphatic rings. The number of allylic oxidation sites excluding steroid dienone is 4. The molecule has 8 atom stereocenters. The Bertz CT molecular complexity index is 1840. The van der Waals surface area contributed by atoms with Gasteiger partial charge in [-0.3, -0.25) is 33.1 Å². The normalized spacial score (nSPS) is 37.0. The molecule has 4 fully saturated rings. The summed E-state index contributed by atoms with van der Waals surface area (Å²) >= 11 is 0. The molecule has 5 unspecified atom stereocenters. The third-order valence-electron chi connectivity index (χ3n) is 10.9. The maximum absolute atomic E-state index is 14.4. The van der Waals surface area contributed by atoms with Gasteiger partial charge in [0.15, 0.2) is 0 Å². The van der Waals surface area contributed by atoms with Gasteiger partial charge < -0.3 is 20.6 Å². The Morgan fingerprint density at radius 2 is 2.00 bits per heavy atom. The second-order valence-corrected chi connectivity index (χ2v) is 15.6. The first kappa shape index (κ1) is 31.4. The molecule has 5 aliphatic heterocycles. The highest BCUT2D eigenvalue weighted by Gasteiger charge is 2.70. The summed E-state index contributed by atoms with van der Waals surface area (Å²) in [6, 6.07) is 7.15. The zero-order valence-electron chi connectivity index (χ0n) is 27.0. The molecule has 48 heavy (non-hydrogen) atoms. The summed E-state index contributed by atoms with van der Waals surface area (Å²) in [4.78, 5) is 47.3. The Morgan fingerprint density at radius 1 is 1.23 bits per heavy atom. The molecule has 5 heterocycles. The van der Waals surface area contributed by atoms with Crippen LogP contribution in [0.1, 0.15) is 31.7 Å². The van der Waals surface area contributed by atoms with Crippen LogP contribution < -0.4 is 10.6 Å². The quantitative estimate of drug-likeness (QED) is 0.362. The minimum absolute atomic E-state index is 0.0852. The fraction of sp³-hybridized carbons (Fsp3) is 0.500. The van der Waals surface area contributed by atoms with Crippen LogP contribution in [0.15, 0.2) is 77.2 Å². The summed E-state index contributed by atoms with van der Waals surface area (Å²) in [6.07, 6.45) is 9.44. The Labute approximate surface area is 279 Å². The molecule has 0 bridgehead atoms. The van der Waals surface area contributed by atoms with Gasteiger partial charge in [-0.1, -0.05) is 42.5 Å². The van der Waals surface area contributed by atoms with Gasteiger partial charge in [0, 0.05) is 43.4 Å². The number of benzene rings is 1. The number of carbonyl (C=O) groups is 3. The fourth-order valence-electron chi connectivity index (χ4n) is 8.90. The van der Waals surface area contributed by atoms with Crippen LogP contribution in [0.5, 0.6) is 0 Å². The molecule has 0 radical (unpaired) electrons. The molecule has 13 nitrogen and oxygen atoms in total. The molecule has 1 aromatic carbocycles. The Balaban J connectivity index is 1.14. The lowest BCUT2D eigenvalue weighted by Gasteiger charge is -2.48. The van der Waals surface area contributed by atoms with Crippen LogP contribution in [0.25, 0.3) is 0 Å². The van der Waals surface area contributed by atoms with E-state index in [9.17, 15) is 27.9 Å². The van der Waals surface area contributed by atoms with Gasteiger partial charge in [-0.15, -0.1) is 0 Å². The summed E-state index contributed by atoms with van der Waals surface area (Å²) in [5, 5.41) is 18.2. The first-order chi connectivity index (χ1) is 22.8. The molecule has 8 rings (SSSR count). The van der Waals surface area contributed by atoms with Crippen LogP contribution in [-0.2, 0) is 39.8 Å². The predicted molar refractivity (Wildman–Crippen MR) is 171 cm³/mol. The highest BCUT2D eigenvalue weighted by molar-refractivity contribution is 7.86. The van der Waals surface area contributed by atoms with Crippen molar-refractivity contribution in [1.29, 1.82) is 0 Å². The number of fused-ring (bicyclic) bond motifs is 4. The van der Waals surface area contributed by atoms with E-state index in [1.54, 1.807) is 4.90 Å². The number of hydrogen-bond donors (Lipinski definition) is 3. The Hall–Kier alpha value is -3.82. The standard InChI is InChI=1S/C34H39N5O8S/c1-33(32(42)39-25(15-19-9-5-4-6-10-19)31(41)38-14-8-13-26(38)34(39,43)47-33)36-30(40)22-18-37(2)24-16-20-17-35-23-12-7-11-21(27(20)23)28(24)29(22)46-48(3,44)45/h4-7,9-12,17,22,24-27,29,35,43H,8,13-16,18H2,1-3H3,(H,36,40)/t22-,24-,25?,26+,27?,29?,33?,34?/m1/s1. The van der Waals surface area contributed by atoms with Gasteiger partial charge in [-0.25, -0.2) is 0 Å². The molecular weight excluding hydrogens is 638 g/mol. The van der Waals surface area contributed by atoms with Gasteiger partial charge in [0.25, 0.3) is 21.9 Å². The molecule has 0 saturated carbocycles. The zero-order chi connectivity index (χ0) is 33.7. The van der Waals surface area contributed by atoms with Crippen LogP contribution in [0.3, 0.4) is 0 Å². The van der Waals surface area contributed by atoms with Crippen molar-refractivity contribution in [3.8, 4) is 0 Å². The minimum Gasteiger partial charge on any atom is -0.364 e. The molecule has 4 saturated heterocycles. The molecule has 3 N–H and O–H groups in total. The average Bonchev–Trinajstić information content (AvgIpc) is 3.74. The number of nitrogens with zero attached hydrogens (tertiary/aromatic N) is 3. The molecule has 3 amide bonds. The number of carbonyl (C=O) groups excluding carboxylic acids is 3. The lowest BCUT2D eigenvalue weighted by molar-refractivity contribution is -0.315. The summed E-state index contributed by atoms with van der Waals surface area (Å²) in [5.74, 6) is -5.03. The van der Waals surface area contributed by atoms with Gasteiger partial charge in [-0.05, 0) is 61.6 Å². The van der Waals surface area contributed by atoms with Gasteiger partial charge >= 0.3 is 0 Å². The summed E-state index contributed by atoms with van der Waals surface area (Å²) in [6.45, 7) is 1.93. The first-order valence-corrected chi connectivity index (χ1v) is 18.2. The lowest BCUT2D eigenvalue weighted by atomic mass is 9.69. The second-order valence-electron chi connectivity index (χ2n) is 14.0. The average molecular weight is 678 g/mol. The number of nitrogens with one attached hydrogen (secondary N) is 2. The number of hydrogen-bond acceptors (Lipinski definition) is 10. The van der Waals surface area contributed by atoms with Crippen molar-refractivity contribution in [3.63, 3.8) is 0 Å². The van der Waals surface area contributed by atoms with Gasteiger partial charge in [-0.2, -0.15) is 8.42 Å². The molecular formula is C34H39N5O8S. The highest BCUT2D eigenvalue weighted by atomic mass is 32.2. The van der Waals surface area contributed by atoms with E-state index in [1.807, 2.05) is 66.7 Å². The molecule has 2 aliphatic carbocycles. The first-order valence-electron chi connectivity index (χ1n) is 16.4. The van der Waals surface area contributed by atoms with E-state index < -0.39 is 57.7 Å². The van der Waals surface area contributed by atoms with Crippen molar-refractivity contribution in [2.24, 2.45) is 11.8 Å². The van der Waals surface area contributed by atoms with E-state index in [0.717, 1.165) is 28.0 Å². The summed E-state index contributed by atoms with van der Waals surface area (Å²) in [7, 11) is -2.15. The number of ether oxygens (including phenoxy) is 1. The van der Waals surface area contributed by atoms with Crippen LogP contribution in [0.4, 0.5) is 0 Å². The molecule has 0 aromatic heterocycles. The van der Waals surface area contributed by atoms with E-state index in [4.69, 9.17) is 8.92 Å².